The summed E-state index contributed by atoms with van der Waals surface area (Å²) in [6.07, 6.45) is 0.725. The van der Waals surface area contributed by atoms with Gasteiger partial charge in [0.05, 0.1) is 12.3 Å². The van der Waals surface area contributed by atoms with Crippen LogP contribution < -0.4 is 11.1 Å². The van der Waals surface area contributed by atoms with Crippen molar-refractivity contribution in [3.05, 3.63) is 24.2 Å². The molecule has 1 heterocycles. The Balaban J connectivity index is 2.35. The maximum absolute atomic E-state index is 10.7. The van der Waals surface area contributed by atoms with Gasteiger partial charge in [0.2, 0.25) is 5.91 Å². The van der Waals surface area contributed by atoms with Crippen molar-refractivity contribution in [2.24, 2.45) is 5.73 Å². The lowest BCUT2D eigenvalue weighted by Crippen LogP contribution is -2.40. The van der Waals surface area contributed by atoms with Crippen LogP contribution in [0.5, 0.6) is 0 Å². The molecule has 1 amide bonds. The monoisotopic (exact) mass is 198 g/mol. The summed E-state index contributed by atoms with van der Waals surface area (Å²) >= 11 is 0. The molecule has 0 spiro atoms. The van der Waals surface area contributed by atoms with Gasteiger partial charge in [-0.2, -0.15) is 0 Å². The van der Waals surface area contributed by atoms with Crippen molar-refractivity contribution in [2.75, 3.05) is 6.54 Å². The molecule has 0 fully saturated rings. The highest BCUT2D eigenvalue weighted by atomic mass is 16.4. The van der Waals surface area contributed by atoms with Crippen molar-refractivity contribution in [1.29, 1.82) is 0 Å². The zero-order valence-corrected chi connectivity index (χ0v) is 7.93. The number of carbonyl (C=O) groups is 1. The Bertz CT molecular complexity index is 284. The van der Waals surface area contributed by atoms with E-state index in [1.807, 2.05) is 0 Å². The molecular weight excluding hydrogens is 184 g/mol. The van der Waals surface area contributed by atoms with Gasteiger partial charge in [-0.25, -0.2) is 0 Å². The fourth-order valence-corrected chi connectivity index (χ4v) is 0.970. The summed E-state index contributed by atoms with van der Waals surface area (Å²) in [5, 5.41) is 12.3. The molecule has 1 aromatic heterocycles. The SMILES string of the molecule is CC(NCC(O)c1ccco1)C(N)=O. The molecule has 5 nitrogen and oxygen atoms in total. The van der Waals surface area contributed by atoms with Gasteiger partial charge >= 0.3 is 0 Å². The van der Waals surface area contributed by atoms with Crippen LogP contribution in [-0.4, -0.2) is 23.6 Å². The third-order valence-corrected chi connectivity index (χ3v) is 1.92. The number of aliphatic hydroxyl groups excluding tert-OH is 1. The van der Waals surface area contributed by atoms with Crippen molar-refractivity contribution in [1.82, 2.24) is 5.32 Å². The molecule has 1 aromatic rings. The summed E-state index contributed by atoms with van der Waals surface area (Å²) in [4.78, 5) is 10.7. The molecule has 0 aliphatic rings. The summed E-state index contributed by atoms with van der Waals surface area (Å²) in [6, 6.07) is 2.90. The second kappa shape index (κ2) is 4.78. The second-order valence-electron chi connectivity index (χ2n) is 3.06. The Morgan fingerprint density at radius 3 is 3.00 bits per heavy atom. The van der Waals surface area contributed by atoms with Gasteiger partial charge in [-0.15, -0.1) is 0 Å². The van der Waals surface area contributed by atoms with E-state index in [1.165, 1.54) is 6.26 Å². The molecule has 0 aliphatic heterocycles. The van der Waals surface area contributed by atoms with Crippen LogP contribution in [0.1, 0.15) is 18.8 Å². The third-order valence-electron chi connectivity index (χ3n) is 1.92. The van der Waals surface area contributed by atoms with Gasteiger partial charge in [0.25, 0.3) is 0 Å². The normalized spacial score (nSPS) is 15.0. The van der Waals surface area contributed by atoms with Crippen molar-refractivity contribution in [3.63, 3.8) is 0 Å². The van der Waals surface area contributed by atoms with Crippen LogP contribution >= 0.6 is 0 Å². The van der Waals surface area contributed by atoms with Gasteiger partial charge in [0.15, 0.2) is 0 Å². The van der Waals surface area contributed by atoms with E-state index in [4.69, 9.17) is 10.2 Å². The van der Waals surface area contributed by atoms with Gasteiger partial charge in [0.1, 0.15) is 11.9 Å². The summed E-state index contributed by atoms with van der Waals surface area (Å²) in [6.45, 7) is 1.87. The lowest BCUT2D eigenvalue weighted by molar-refractivity contribution is -0.119. The van der Waals surface area contributed by atoms with Gasteiger partial charge in [-0.3, -0.25) is 4.79 Å². The number of nitrogens with one attached hydrogen (secondary N) is 1. The largest absolute Gasteiger partial charge is 0.467 e. The molecular formula is C9H14N2O3. The van der Waals surface area contributed by atoms with Crippen molar-refractivity contribution >= 4 is 5.91 Å². The maximum Gasteiger partial charge on any atom is 0.234 e. The second-order valence-corrected chi connectivity index (χ2v) is 3.06. The van der Waals surface area contributed by atoms with Crippen LogP contribution in [0.4, 0.5) is 0 Å². The van der Waals surface area contributed by atoms with Gasteiger partial charge in [-0.1, -0.05) is 0 Å². The van der Waals surface area contributed by atoms with Crippen LogP contribution in [0, 0.1) is 0 Å². The Kier molecular flexibility index (Phi) is 3.67. The summed E-state index contributed by atoms with van der Waals surface area (Å²) in [5.41, 5.74) is 5.03. The lowest BCUT2D eigenvalue weighted by atomic mass is 10.2. The molecule has 14 heavy (non-hydrogen) atoms. The Labute approximate surface area is 81.9 Å². The van der Waals surface area contributed by atoms with Crippen LogP contribution in [0.3, 0.4) is 0 Å². The number of amides is 1. The highest BCUT2D eigenvalue weighted by molar-refractivity contribution is 5.79. The topological polar surface area (TPSA) is 88.5 Å². The lowest BCUT2D eigenvalue weighted by Gasteiger charge is -2.12. The smallest absolute Gasteiger partial charge is 0.234 e. The average Bonchev–Trinajstić information content (AvgIpc) is 2.66. The quantitative estimate of drug-likeness (QED) is 0.610. The molecule has 0 aromatic carbocycles. The fraction of sp³-hybridized carbons (Fsp3) is 0.444. The fourth-order valence-electron chi connectivity index (χ4n) is 0.970. The standard InChI is InChI=1S/C9H14N2O3/c1-6(9(10)13)11-5-7(12)8-3-2-4-14-8/h2-4,6-7,11-12H,5H2,1H3,(H2,10,13). The van der Waals surface area contributed by atoms with E-state index < -0.39 is 18.1 Å². The number of hydrogen-bond acceptors (Lipinski definition) is 4. The Morgan fingerprint density at radius 1 is 1.79 bits per heavy atom. The van der Waals surface area contributed by atoms with Crippen molar-refractivity contribution < 1.29 is 14.3 Å². The Hall–Kier alpha value is -1.33. The number of hydrogen-bond donors (Lipinski definition) is 3. The molecule has 1 rings (SSSR count). The molecule has 5 heteroatoms. The minimum atomic E-state index is -0.758. The van der Waals surface area contributed by atoms with Gasteiger partial charge in [-0.05, 0) is 19.1 Å². The van der Waals surface area contributed by atoms with Gasteiger partial charge < -0.3 is 20.6 Å². The van der Waals surface area contributed by atoms with Crippen LogP contribution in [0.25, 0.3) is 0 Å². The number of carbonyl (C=O) groups excluding carboxylic acids is 1. The molecule has 78 valence electrons. The first-order valence-corrected chi connectivity index (χ1v) is 4.35. The molecule has 2 unspecified atom stereocenters. The maximum atomic E-state index is 10.7. The minimum Gasteiger partial charge on any atom is -0.467 e. The third kappa shape index (κ3) is 2.86. The van der Waals surface area contributed by atoms with E-state index in [2.05, 4.69) is 5.32 Å². The van der Waals surface area contributed by atoms with E-state index in [0.29, 0.717) is 5.76 Å². The predicted octanol–water partition coefficient (Wildman–Crippen LogP) is -0.224. The molecule has 0 bridgehead atoms. The highest BCUT2D eigenvalue weighted by Crippen LogP contribution is 2.11. The van der Waals surface area contributed by atoms with E-state index in [1.54, 1.807) is 19.1 Å². The highest BCUT2D eigenvalue weighted by Gasteiger charge is 2.13. The Morgan fingerprint density at radius 2 is 2.50 bits per heavy atom. The molecule has 0 saturated carbocycles. The van der Waals surface area contributed by atoms with E-state index >= 15 is 0 Å². The molecule has 0 aliphatic carbocycles. The first kappa shape index (κ1) is 10.7. The molecule has 4 N–H and O–H groups in total. The number of primary amides is 1. The zero-order chi connectivity index (χ0) is 10.6. The van der Waals surface area contributed by atoms with Crippen LogP contribution in [-0.2, 0) is 4.79 Å². The van der Waals surface area contributed by atoms with E-state index in [-0.39, 0.29) is 6.54 Å². The van der Waals surface area contributed by atoms with Crippen LogP contribution in [0.15, 0.2) is 22.8 Å². The first-order valence-electron chi connectivity index (χ1n) is 4.35. The predicted molar refractivity (Wildman–Crippen MR) is 50.3 cm³/mol. The van der Waals surface area contributed by atoms with Gasteiger partial charge in [0, 0.05) is 6.54 Å². The van der Waals surface area contributed by atoms with Crippen molar-refractivity contribution in [2.45, 2.75) is 19.1 Å². The number of aliphatic hydroxyl groups is 1. The number of rotatable bonds is 5. The summed E-state index contributed by atoms with van der Waals surface area (Å²) in [7, 11) is 0. The van der Waals surface area contributed by atoms with E-state index in [9.17, 15) is 9.90 Å². The zero-order valence-electron chi connectivity index (χ0n) is 7.93. The summed E-state index contributed by atoms with van der Waals surface area (Å²) in [5.74, 6) is 0.0193. The van der Waals surface area contributed by atoms with Crippen LogP contribution in [0.2, 0.25) is 0 Å². The first-order chi connectivity index (χ1) is 6.61. The minimum absolute atomic E-state index is 0.234. The van der Waals surface area contributed by atoms with Crippen molar-refractivity contribution in [3.8, 4) is 0 Å². The average molecular weight is 198 g/mol. The summed E-state index contributed by atoms with van der Waals surface area (Å²) < 4.78 is 4.98. The molecule has 0 radical (unpaired) electrons. The number of nitrogens with two attached hydrogens (primary N) is 1. The molecule has 2 atom stereocenters. The molecule has 0 saturated heterocycles. The van der Waals surface area contributed by atoms with E-state index in [0.717, 1.165) is 0 Å². The number of furan rings is 1.